The van der Waals surface area contributed by atoms with Gasteiger partial charge in [-0.25, -0.2) is 4.79 Å². The second-order valence-electron chi connectivity index (χ2n) is 5.32. The number of hydrogen-bond donors (Lipinski definition) is 0. The van der Waals surface area contributed by atoms with Crippen LogP contribution in [0.3, 0.4) is 0 Å². The fourth-order valence-corrected chi connectivity index (χ4v) is 2.07. The van der Waals surface area contributed by atoms with Crippen LogP contribution in [0.15, 0.2) is 0 Å². The molecule has 0 aromatic heterocycles. The number of hydrogen-bond acceptors (Lipinski definition) is 3. The van der Waals surface area contributed by atoms with Crippen molar-refractivity contribution in [2.24, 2.45) is 11.8 Å². The van der Waals surface area contributed by atoms with Crippen LogP contribution in [0.2, 0.25) is 0 Å². The molecule has 2 aliphatic heterocycles. The number of carbonyl (C=O) groups excluding carboxylic acids is 1. The monoisotopic (exact) mass is 210 g/mol. The van der Waals surface area contributed by atoms with Crippen molar-refractivity contribution in [1.29, 1.82) is 0 Å². The molecule has 1 radical (unpaired) electrons. The lowest BCUT2D eigenvalue weighted by Crippen LogP contribution is -2.36. The molecule has 0 aliphatic carbocycles. The second-order valence-corrected chi connectivity index (χ2v) is 5.32. The minimum atomic E-state index is -0.400. The van der Waals surface area contributed by atoms with E-state index in [1.54, 1.807) is 4.90 Å². The second kappa shape index (κ2) is 3.51. The van der Waals surface area contributed by atoms with E-state index in [0.29, 0.717) is 11.8 Å². The molecule has 2 heterocycles. The summed E-state index contributed by atoms with van der Waals surface area (Å²) in [5.41, 5.74) is -0.400. The van der Waals surface area contributed by atoms with Gasteiger partial charge in [-0.15, -0.1) is 0 Å². The molecule has 4 nitrogen and oxygen atoms in total. The van der Waals surface area contributed by atoms with Gasteiger partial charge in [0.25, 0.3) is 0 Å². The number of amides is 1. The van der Waals surface area contributed by atoms with Crippen LogP contribution in [-0.2, 0) is 4.74 Å². The molecule has 2 aliphatic rings. The number of aliphatic imine (C=N–C) groups is 1. The van der Waals surface area contributed by atoms with Crippen LogP contribution in [0.5, 0.6) is 0 Å². The molecule has 0 saturated carbocycles. The van der Waals surface area contributed by atoms with Crippen molar-refractivity contribution in [1.82, 2.24) is 9.89 Å². The highest BCUT2D eigenvalue weighted by molar-refractivity contribution is 5.71. The lowest BCUT2D eigenvalue weighted by Gasteiger charge is -2.24. The molecule has 1 fully saturated rings. The Morgan fingerprint density at radius 2 is 2.20 bits per heavy atom. The fraction of sp³-hybridized carbons (Fsp3) is 0.818. The van der Waals surface area contributed by atoms with E-state index < -0.39 is 5.60 Å². The van der Waals surface area contributed by atoms with Crippen molar-refractivity contribution in [2.45, 2.75) is 26.4 Å². The zero-order valence-corrected chi connectivity index (χ0v) is 9.56. The Bertz CT molecular complexity index is 293. The molecule has 0 aromatic carbocycles. The van der Waals surface area contributed by atoms with E-state index in [0.717, 1.165) is 19.6 Å². The normalized spacial score (nSPS) is 29.4. The van der Waals surface area contributed by atoms with E-state index in [1.165, 1.54) is 0 Å². The van der Waals surface area contributed by atoms with Gasteiger partial charge in [-0.3, -0.25) is 0 Å². The van der Waals surface area contributed by atoms with Gasteiger partial charge in [-0.05, 0) is 20.8 Å². The molecule has 15 heavy (non-hydrogen) atoms. The Labute approximate surface area is 90.3 Å². The van der Waals surface area contributed by atoms with Gasteiger partial charge in [0.2, 0.25) is 12.8 Å². The summed E-state index contributed by atoms with van der Waals surface area (Å²) in [6.07, 6.45) is 1.79. The standard InChI is InChI=1S/C11H18N2O2/c1-11(2,3)15-10(14)13-6-8-4-12-5-9(8)7-13/h4,8-9H,5-7H2,1-3H3/q+1. The van der Waals surface area contributed by atoms with Crippen molar-refractivity contribution in [3.8, 4) is 0 Å². The maximum Gasteiger partial charge on any atom is 0.410 e. The van der Waals surface area contributed by atoms with Gasteiger partial charge in [0, 0.05) is 18.1 Å². The predicted octanol–water partition coefficient (Wildman–Crippen LogP) is 0.890. The van der Waals surface area contributed by atoms with Crippen LogP contribution in [0.4, 0.5) is 4.79 Å². The zero-order chi connectivity index (χ0) is 11.1. The molecule has 1 amide bonds. The summed E-state index contributed by atoms with van der Waals surface area (Å²) in [5, 5.41) is 0. The molecule has 0 aromatic rings. The highest BCUT2D eigenvalue weighted by atomic mass is 16.6. The van der Waals surface area contributed by atoms with Crippen LogP contribution < -0.4 is 4.99 Å². The van der Waals surface area contributed by atoms with Crippen LogP contribution in [0, 0.1) is 11.8 Å². The van der Waals surface area contributed by atoms with Crippen LogP contribution in [-0.4, -0.2) is 42.4 Å². The Balaban J connectivity index is 1.91. The zero-order valence-electron chi connectivity index (χ0n) is 9.56. The molecule has 83 valence electrons. The van der Waals surface area contributed by atoms with E-state index >= 15 is 0 Å². The average molecular weight is 210 g/mol. The first-order chi connectivity index (χ1) is 6.96. The summed E-state index contributed by atoms with van der Waals surface area (Å²) in [4.78, 5) is 17.8. The smallest absolute Gasteiger partial charge is 0.410 e. The van der Waals surface area contributed by atoms with Gasteiger partial charge in [0.1, 0.15) is 5.60 Å². The van der Waals surface area contributed by atoms with Crippen molar-refractivity contribution in [3.63, 3.8) is 0 Å². The van der Waals surface area contributed by atoms with Gasteiger partial charge in [0.05, 0.1) is 11.8 Å². The number of carbonyl (C=O) groups is 1. The van der Waals surface area contributed by atoms with Crippen LogP contribution in [0.1, 0.15) is 20.8 Å². The van der Waals surface area contributed by atoms with Gasteiger partial charge < -0.3 is 9.64 Å². The molecule has 2 atom stereocenters. The Kier molecular flexibility index (Phi) is 2.44. The molecule has 0 N–H and O–H groups in total. The van der Waals surface area contributed by atoms with Gasteiger partial charge >= 0.3 is 6.09 Å². The van der Waals surface area contributed by atoms with Crippen LogP contribution >= 0.6 is 0 Å². The predicted molar refractivity (Wildman–Crippen MR) is 57.9 cm³/mol. The lowest BCUT2D eigenvalue weighted by atomic mass is 10.0. The third-order valence-electron chi connectivity index (χ3n) is 2.78. The Morgan fingerprint density at radius 3 is 2.80 bits per heavy atom. The molecule has 4 heteroatoms. The quantitative estimate of drug-likeness (QED) is 0.596. The minimum Gasteiger partial charge on any atom is -0.444 e. The van der Waals surface area contributed by atoms with Crippen molar-refractivity contribution in [2.75, 3.05) is 19.6 Å². The van der Waals surface area contributed by atoms with E-state index in [1.807, 2.05) is 27.0 Å². The third kappa shape index (κ3) is 2.30. The third-order valence-corrected chi connectivity index (χ3v) is 2.78. The molecule has 0 spiro atoms. The first-order valence-corrected chi connectivity index (χ1v) is 5.43. The Hall–Kier alpha value is -1.06. The van der Waals surface area contributed by atoms with Gasteiger partial charge in [-0.1, -0.05) is 0 Å². The minimum absolute atomic E-state index is 0.190. The topological polar surface area (TPSA) is 43.6 Å². The van der Waals surface area contributed by atoms with Gasteiger partial charge in [0.15, 0.2) is 0 Å². The van der Waals surface area contributed by atoms with E-state index in [9.17, 15) is 4.79 Å². The Morgan fingerprint density at radius 1 is 1.47 bits per heavy atom. The number of fused-ring (bicyclic) bond motifs is 1. The molecule has 1 saturated heterocycles. The van der Waals surface area contributed by atoms with E-state index in [2.05, 4.69) is 4.99 Å². The number of nitrogens with zero attached hydrogens (tertiary/aromatic N) is 2. The fourth-order valence-electron chi connectivity index (χ4n) is 2.07. The number of likely N-dealkylation sites (tertiary alicyclic amines) is 1. The molecular formula is C11H18N2O2+. The number of ether oxygens (including phenoxy) is 1. The largest absolute Gasteiger partial charge is 0.444 e. The molecule has 2 unspecified atom stereocenters. The maximum atomic E-state index is 11.8. The lowest BCUT2D eigenvalue weighted by molar-refractivity contribution is 0.0286. The van der Waals surface area contributed by atoms with Crippen LogP contribution in [0.25, 0.3) is 0 Å². The van der Waals surface area contributed by atoms with Crippen molar-refractivity contribution >= 4 is 12.3 Å². The van der Waals surface area contributed by atoms with Crippen molar-refractivity contribution < 1.29 is 9.53 Å². The first-order valence-electron chi connectivity index (χ1n) is 5.43. The summed E-state index contributed by atoms with van der Waals surface area (Å²) in [5.74, 6) is 0.982. The summed E-state index contributed by atoms with van der Waals surface area (Å²) < 4.78 is 5.33. The first kappa shape index (κ1) is 10.5. The maximum absolute atomic E-state index is 11.8. The summed E-state index contributed by atoms with van der Waals surface area (Å²) in [6, 6.07) is 0. The summed E-state index contributed by atoms with van der Waals surface area (Å²) >= 11 is 0. The molecule has 0 bridgehead atoms. The summed E-state index contributed by atoms with van der Waals surface area (Å²) in [6.45, 7) is 8.10. The van der Waals surface area contributed by atoms with E-state index in [-0.39, 0.29) is 6.09 Å². The highest BCUT2D eigenvalue weighted by Gasteiger charge is 2.43. The highest BCUT2D eigenvalue weighted by Crippen LogP contribution is 2.25. The molecular weight excluding hydrogens is 192 g/mol. The molecule has 2 rings (SSSR count). The number of rotatable bonds is 0. The summed E-state index contributed by atoms with van der Waals surface area (Å²) in [7, 11) is 0. The van der Waals surface area contributed by atoms with Gasteiger partial charge in [-0.2, -0.15) is 0 Å². The van der Waals surface area contributed by atoms with E-state index in [4.69, 9.17) is 4.74 Å². The average Bonchev–Trinajstić information content (AvgIpc) is 2.56. The SMILES string of the molecule is CC(C)(C)OC(=O)N1CC2C=[N+]CC2C1. The van der Waals surface area contributed by atoms with Crippen molar-refractivity contribution in [3.05, 3.63) is 0 Å².